The van der Waals surface area contributed by atoms with E-state index in [1.165, 1.54) is 18.9 Å². The minimum absolute atomic E-state index is 0.0263. The first kappa shape index (κ1) is 18.0. The Morgan fingerprint density at radius 1 is 1.15 bits per heavy atom. The number of carbonyl (C=O) groups is 3. The van der Waals surface area contributed by atoms with Crippen LogP contribution in [0.1, 0.15) is 22.3 Å². The van der Waals surface area contributed by atoms with Crippen molar-refractivity contribution in [3.63, 3.8) is 0 Å². The number of rotatable bonds is 5. The van der Waals surface area contributed by atoms with Crippen LogP contribution in [0, 0.1) is 0 Å². The lowest BCUT2D eigenvalue weighted by molar-refractivity contribution is -0.145. The summed E-state index contributed by atoms with van der Waals surface area (Å²) < 4.78 is 9.92. The molecule has 1 aliphatic rings. The molecule has 134 valence electrons. The molecule has 0 unspecified atom stereocenters. The molecule has 0 aromatic heterocycles. The summed E-state index contributed by atoms with van der Waals surface area (Å²) in [6, 6.07) is 14.1. The van der Waals surface area contributed by atoms with Crippen LogP contribution in [0.5, 0.6) is 0 Å². The number of benzene rings is 2. The molecule has 0 spiro atoms. The summed E-state index contributed by atoms with van der Waals surface area (Å²) in [6.45, 7) is 0.0270. The summed E-state index contributed by atoms with van der Waals surface area (Å²) in [4.78, 5) is 36.7. The van der Waals surface area contributed by atoms with Gasteiger partial charge >= 0.3 is 11.9 Å². The predicted molar refractivity (Wildman–Crippen MR) is 96.9 cm³/mol. The number of ether oxygens (including phenoxy) is 2. The van der Waals surface area contributed by atoms with Gasteiger partial charge in [-0.1, -0.05) is 24.3 Å². The van der Waals surface area contributed by atoms with Gasteiger partial charge in [-0.15, -0.1) is 11.8 Å². The zero-order chi connectivity index (χ0) is 18.5. The maximum atomic E-state index is 12.1. The standard InChI is InChI=1S/C19H17NO5S/c1-24-19(23)13-6-4-5-12(9-13)11-25-17(21)10-16-18(22)20-14-7-2-3-8-15(14)26-16/h2-9,16H,10-11H2,1H3,(H,20,22)/t16-/m1/s1. The molecular formula is C19H17NO5S. The molecule has 0 saturated carbocycles. The molecule has 1 atom stereocenters. The number of esters is 2. The molecule has 1 N–H and O–H groups in total. The highest BCUT2D eigenvalue weighted by molar-refractivity contribution is 8.01. The molecule has 6 nitrogen and oxygen atoms in total. The number of thioether (sulfide) groups is 1. The number of hydrogen-bond acceptors (Lipinski definition) is 6. The lowest BCUT2D eigenvalue weighted by Gasteiger charge is -2.23. The van der Waals surface area contributed by atoms with Gasteiger partial charge in [-0.2, -0.15) is 0 Å². The van der Waals surface area contributed by atoms with E-state index in [-0.39, 0.29) is 18.9 Å². The molecule has 0 bridgehead atoms. The molecule has 0 fully saturated rings. The third-order valence-corrected chi connectivity index (χ3v) is 5.08. The lowest BCUT2D eigenvalue weighted by Crippen LogP contribution is -2.31. The summed E-state index contributed by atoms with van der Waals surface area (Å²) in [5.74, 6) is -1.13. The Bertz CT molecular complexity index is 851. The first-order valence-electron chi connectivity index (χ1n) is 7.96. The van der Waals surface area contributed by atoms with E-state index >= 15 is 0 Å². The number of amides is 1. The number of para-hydroxylation sites is 1. The average Bonchev–Trinajstić information content (AvgIpc) is 2.66. The van der Waals surface area contributed by atoms with Gasteiger partial charge in [-0.3, -0.25) is 9.59 Å². The highest BCUT2D eigenvalue weighted by Gasteiger charge is 2.29. The van der Waals surface area contributed by atoms with Gasteiger partial charge in [0.05, 0.1) is 30.0 Å². The molecular weight excluding hydrogens is 354 g/mol. The van der Waals surface area contributed by atoms with Crippen molar-refractivity contribution in [3.05, 3.63) is 59.7 Å². The number of anilines is 1. The third kappa shape index (κ3) is 4.23. The van der Waals surface area contributed by atoms with E-state index in [0.717, 1.165) is 10.6 Å². The monoisotopic (exact) mass is 371 g/mol. The van der Waals surface area contributed by atoms with Gasteiger partial charge in [0.2, 0.25) is 5.91 Å². The second kappa shape index (κ2) is 8.05. The Hall–Kier alpha value is -2.80. The van der Waals surface area contributed by atoms with Crippen LogP contribution in [0.4, 0.5) is 5.69 Å². The van der Waals surface area contributed by atoms with Crippen LogP contribution in [0.25, 0.3) is 0 Å². The fraction of sp³-hybridized carbons (Fsp3) is 0.211. The minimum atomic E-state index is -0.529. The molecule has 1 amide bonds. The smallest absolute Gasteiger partial charge is 0.337 e. The Kier molecular flexibility index (Phi) is 5.58. The number of nitrogens with one attached hydrogen (secondary N) is 1. The number of carbonyl (C=O) groups excluding carboxylic acids is 3. The SMILES string of the molecule is COC(=O)c1cccc(COC(=O)C[C@H]2Sc3ccccc3NC2=O)c1. The Morgan fingerprint density at radius 3 is 2.77 bits per heavy atom. The number of fused-ring (bicyclic) bond motifs is 1. The fourth-order valence-electron chi connectivity index (χ4n) is 2.51. The van der Waals surface area contributed by atoms with Crippen LogP contribution in [0.3, 0.4) is 0 Å². The first-order chi connectivity index (χ1) is 12.6. The van der Waals surface area contributed by atoms with Gasteiger partial charge in [0, 0.05) is 4.90 Å². The maximum absolute atomic E-state index is 12.1. The second-order valence-electron chi connectivity index (χ2n) is 5.65. The molecule has 0 aliphatic carbocycles. The highest BCUT2D eigenvalue weighted by atomic mass is 32.2. The van der Waals surface area contributed by atoms with Crippen molar-refractivity contribution in [3.8, 4) is 0 Å². The first-order valence-corrected chi connectivity index (χ1v) is 8.84. The molecule has 7 heteroatoms. The van der Waals surface area contributed by atoms with Crippen LogP contribution in [0.2, 0.25) is 0 Å². The molecule has 26 heavy (non-hydrogen) atoms. The lowest BCUT2D eigenvalue weighted by atomic mass is 10.1. The van der Waals surface area contributed by atoms with Crippen molar-refractivity contribution in [1.29, 1.82) is 0 Å². The van der Waals surface area contributed by atoms with Crippen LogP contribution in [-0.4, -0.2) is 30.2 Å². The van der Waals surface area contributed by atoms with Crippen LogP contribution in [-0.2, 0) is 25.7 Å². The molecule has 3 rings (SSSR count). The van der Waals surface area contributed by atoms with Gasteiger partial charge in [-0.05, 0) is 29.8 Å². The molecule has 2 aromatic carbocycles. The summed E-state index contributed by atoms with van der Waals surface area (Å²) in [5.41, 5.74) is 1.82. The zero-order valence-corrected chi connectivity index (χ0v) is 14.9. The Morgan fingerprint density at radius 2 is 1.96 bits per heavy atom. The Balaban J connectivity index is 1.56. The van der Waals surface area contributed by atoms with Gasteiger partial charge in [0.1, 0.15) is 6.61 Å². The van der Waals surface area contributed by atoms with Crippen molar-refractivity contribution < 1.29 is 23.9 Å². The van der Waals surface area contributed by atoms with Gasteiger partial charge < -0.3 is 14.8 Å². The van der Waals surface area contributed by atoms with E-state index in [2.05, 4.69) is 10.1 Å². The summed E-state index contributed by atoms with van der Waals surface area (Å²) in [5, 5.41) is 2.27. The molecule has 2 aromatic rings. The minimum Gasteiger partial charge on any atom is -0.465 e. The van der Waals surface area contributed by atoms with Crippen LogP contribution >= 0.6 is 11.8 Å². The van der Waals surface area contributed by atoms with E-state index in [9.17, 15) is 14.4 Å². The normalized spacial score (nSPS) is 15.6. The van der Waals surface area contributed by atoms with E-state index < -0.39 is 17.2 Å². The second-order valence-corrected chi connectivity index (χ2v) is 6.89. The Labute approximate surface area is 154 Å². The predicted octanol–water partition coefficient (Wildman–Crippen LogP) is 3.02. The summed E-state index contributed by atoms with van der Waals surface area (Å²) in [6.07, 6.45) is -0.0263. The number of methoxy groups -OCH3 is 1. The topological polar surface area (TPSA) is 81.7 Å². The van der Waals surface area contributed by atoms with E-state index in [4.69, 9.17) is 4.74 Å². The van der Waals surface area contributed by atoms with Crippen molar-refractivity contribution in [1.82, 2.24) is 0 Å². The third-order valence-electron chi connectivity index (χ3n) is 3.81. The maximum Gasteiger partial charge on any atom is 0.337 e. The van der Waals surface area contributed by atoms with E-state index in [1.807, 2.05) is 24.3 Å². The van der Waals surface area contributed by atoms with E-state index in [1.54, 1.807) is 24.3 Å². The van der Waals surface area contributed by atoms with Crippen molar-refractivity contribution in [2.45, 2.75) is 23.2 Å². The zero-order valence-electron chi connectivity index (χ0n) is 14.1. The molecule has 0 saturated heterocycles. The van der Waals surface area contributed by atoms with Gasteiger partial charge in [0.25, 0.3) is 0 Å². The van der Waals surface area contributed by atoms with E-state index in [0.29, 0.717) is 11.1 Å². The van der Waals surface area contributed by atoms with Crippen molar-refractivity contribution in [2.75, 3.05) is 12.4 Å². The van der Waals surface area contributed by atoms with Crippen LogP contribution < -0.4 is 5.32 Å². The summed E-state index contributed by atoms with van der Waals surface area (Å²) in [7, 11) is 1.31. The van der Waals surface area contributed by atoms with Crippen molar-refractivity contribution in [2.24, 2.45) is 0 Å². The number of hydrogen-bond donors (Lipinski definition) is 1. The average molecular weight is 371 g/mol. The van der Waals surface area contributed by atoms with Crippen LogP contribution in [0.15, 0.2) is 53.4 Å². The molecule has 1 heterocycles. The highest BCUT2D eigenvalue weighted by Crippen LogP contribution is 2.36. The van der Waals surface area contributed by atoms with Gasteiger partial charge in [0.15, 0.2) is 0 Å². The summed E-state index contributed by atoms with van der Waals surface area (Å²) >= 11 is 1.35. The molecule has 0 radical (unpaired) electrons. The molecule has 1 aliphatic heterocycles. The van der Waals surface area contributed by atoms with Gasteiger partial charge in [-0.25, -0.2) is 4.79 Å². The largest absolute Gasteiger partial charge is 0.465 e. The fourth-order valence-corrected chi connectivity index (χ4v) is 3.60. The van der Waals surface area contributed by atoms with Crippen molar-refractivity contribution >= 4 is 35.3 Å². The quantitative estimate of drug-likeness (QED) is 0.814.